The van der Waals surface area contributed by atoms with Crippen molar-refractivity contribution >= 4 is 53.6 Å². The molecule has 3 heterocycles. The number of para-hydroxylation sites is 1. The summed E-state index contributed by atoms with van der Waals surface area (Å²) in [5.41, 5.74) is 3.74. The molecule has 0 radical (unpaired) electrons. The van der Waals surface area contributed by atoms with Crippen molar-refractivity contribution in [1.29, 1.82) is 0 Å². The van der Waals surface area contributed by atoms with E-state index in [1.54, 1.807) is 28.1 Å². The minimum absolute atomic E-state index is 0.143. The molecule has 1 aliphatic rings. The van der Waals surface area contributed by atoms with Crippen LogP contribution in [0.25, 0.3) is 0 Å². The molecular formula is C41H40N6O3Si. The molecular weight excluding hydrogens is 653 g/mol. The summed E-state index contributed by atoms with van der Waals surface area (Å²) in [6.45, 7) is 7.53. The summed E-state index contributed by atoms with van der Waals surface area (Å²) in [5, 5.41) is 17.8. The van der Waals surface area contributed by atoms with Crippen LogP contribution in [-0.4, -0.2) is 30.9 Å². The molecule has 10 heteroatoms. The van der Waals surface area contributed by atoms with E-state index >= 15 is 0 Å². The number of anilines is 5. The van der Waals surface area contributed by atoms with Crippen LogP contribution in [0.3, 0.4) is 0 Å². The number of carbonyl (C=O) groups is 1. The fourth-order valence-electron chi connectivity index (χ4n) is 6.83. The Hall–Kier alpha value is -5.84. The highest BCUT2D eigenvalue weighted by Gasteiger charge is 2.50. The van der Waals surface area contributed by atoms with Crippen LogP contribution in [-0.2, 0) is 17.4 Å². The number of benzene rings is 4. The van der Waals surface area contributed by atoms with E-state index in [0.29, 0.717) is 40.9 Å². The molecule has 0 fully saturated rings. The summed E-state index contributed by atoms with van der Waals surface area (Å²) >= 11 is 0. The first-order chi connectivity index (χ1) is 24.7. The zero-order valence-electron chi connectivity index (χ0n) is 28.9. The van der Waals surface area contributed by atoms with Crippen LogP contribution in [0.15, 0.2) is 146 Å². The Balaban J connectivity index is 1.22. The van der Waals surface area contributed by atoms with Crippen molar-refractivity contribution in [1.82, 2.24) is 9.97 Å². The maximum Gasteiger partial charge on any atom is 0.335 e. The van der Waals surface area contributed by atoms with Crippen LogP contribution in [0.2, 0.25) is 5.04 Å². The van der Waals surface area contributed by atoms with E-state index in [-0.39, 0.29) is 17.6 Å². The molecule has 0 bridgehead atoms. The molecule has 51 heavy (non-hydrogen) atoms. The number of urea groups is 1. The van der Waals surface area contributed by atoms with Gasteiger partial charge in [-0.25, -0.2) is 14.7 Å². The number of amides is 2. The number of pyridine rings is 1. The van der Waals surface area contributed by atoms with Crippen molar-refractivity contribution in [3.63, 3.8) is 0 Å². The van der Waals surface area contributed by atoms with Crippen LogP contribution in [0.5, 0.6) is 0 Å². The van der Waals surface area contributed by atoms with Crippen molar-refractivity contribution < 1.29 is 14.0 Å². The standard InChI is InChI=1S/C41H40N6O3Si/c1-41(2,3)51(36-20-9-5-10-21-36,37-22-11-6-12-23-37)50-26-24-31-15-13-18-34(27-31)47-38-32(28-42-39(44-38)43-33-16-7-4-8-17-33)29-46(40(47)48)35-19-14-25-45(49)30-35/h4-23,25,27-28,30H,24,26,29H2,1-3H3,(H,42,43,44). The van der Waals surface area contributed by atoms with Crippen LogP contribution >= 0.6 is 0 Å². The quantitative estimate of drug-likeness (QED) is 0.0923. The Kier molecular flexibility index (Phi) is 9.35. The average molecular weight is 693 g/mol. The monoisotopic (exact) mass is 692 g/mol. The molecule has 2 aromatic heterocycles. The number of rotatable bonds is 10. The van der Waals surface area contributed by atoms with Gasteiger partial charge < -0.3 is 15.0 Å². The van der Waals surface area contributed by atoms with Gasteiger partial charge in [-0.2, -0.15) is 9.71 Å². The van der Waals surface area contributed by atoms with Gasteiger partial charge in [-0.3, -0.25) is 4.90 Å². The predicted molar refractivity (Wildman–Crippen MR) is 205 cm³/mol. The van der Waals surface area contributed by atoms with Crippen LogP contribution in [0.1, 0.15) is 31.9 Å². The number of carbonyl (C=O) groups excluding carboxylic acids is 1. The Morgan fingerprint density at radius 2 is 1.49 bits per heavy atom. The highest BCUT2D eigenvalue weighted by Crippen LogP contribution is 2.38. The molecule has 0 unspecified atom stereocenters. The van der Waals surface area contributed by atoms with E-state index < -0.39 is 8.32 Å². The number of nitrogens with zero attached hydrogens (tertiary/aromatic N) is 5. The second-order valence-corrected chi connectivity index (χ2v) is 17.9. The lowest BCUT2D eigenvalue weighted by Gasteiger charge is -2.43. The van der Waals surface area contributed by atoms with E-state index in [9.17, 15) is 10.0 Å². The molecule has 1 aliphatic heterocycles. The number of hydrogen-bond acceptors (Lipinski definition) is 6. The number of aromatic nitrogens is 3. The smallest absolute Gasteiger partial charge is 0.335 e. The predicted octanol–water partition coefficient (Wildman–Crippen LogP) is 7.25. The fraction of sp³-hybridized carbons (Fsp3) is 0.171. The Bertz CT molecular complexity index is 2090. The van der Waals surface area contributed by atoms with Gasteiger partial charge in [0.15, 0.2) is 12.0 Å². The summed E-state index contributed by atoms with van der Waals surface area (Å²) in [6.07, 6.45) is 5.16. The summed E-state index contributed by atoms with van der Waals surface area (Å²) in [5.74, 6) is 0.856. The van der Waals surface area contributed by atoms with Crippen LogP contribution < -0.4 is 30.2 Å². The first kappa shape index (κ1) is 33.6. The summed E-state index contributed by atoms with van der Waals surface area (Å²) in [7, 11) is -2.72. The second kappa shape index (κ2) is 14.2. The van der Waals surface area contributed by atoms with Gasteiger partial charge in [-0.05, 0) is 57.7 Å². The lowest BCUT2D eigenvalue weighted by atomic mass is 10.1. The van der Waals surface area contributed by atoms with Gasteiger partial charge in [-0.1, -0.05) is 112 Å². The highest BCUT2D eigenvalue weighted by atomic mass is 28.4. The van der Waals surface area contributed by atoms with Crippen molar-refractivity contribution in [3.8, 4) is 0 Å². The number of fused-ring (bicyclic) bond motifs is 1. The lowest BCUT2D eigenvalue weighted by Crippen LogP contribution is -2.66. The molecule has 4 aromatic carbocycles. The van der Waals surface area contributed by atoms with Gasteiger partial charge in [0.1, 0.15) is 5.69 Å². The van der Waals surface area contributed by atoms with Gasteiger partial charge >= 0.3 is 6.03 Å². The minimum atomic E-state index is -2.72. The third-order valence-electron chi connectivity index (χ3n) is 9.20. The minimum Gasteiger partial charge on any atom is -0.619 e. The third kappa shape index (κ3) is 6.83. The molecule has 7 rings (SSSR count). The van der Waals surface area contributed by atoms with Crippen LogP contribution in [0.4, 0.5) is 33.6 Å². The van der Waals surface area contributed by atoms with Gasteiger partial charge in [-0.15, -0.1) is 0 Å². The fourth-order valence-corrected chi connectivity index (χ4v) is 11.4. The Morgan fingerprint density at radius 3 is 2.14 bits per heavy atom. The third-order valence-corrected chi connectivity index (χ3v) is 14.2. The van der Waals surface area contributed by atoms with Gasteiger partial charge in [0.05, 0.1) is 12.2 Å². The van der Waals surface area contributed by atoms with Gasteiger partial charge in [0.25, 0.3) is 8.32 Å². The van der Waals surface area contributed by atoms with Gasteiger partial charge in [0, 0.05) is 30.1 Å². The molecule has 2 amide bonds. The summed E-state index contributed by atoms with van der Waals surface area (Å²) in [4.78, 5) is 27.0. The van der Waals surface area contributed by atoms with E-state index in [1.165, 1.54) is 22.8 Å². The van der Waals surface area contributed by atoms with E-state index in [1.807, 2.05) is 60.7 Å². The SMILES string of the molecule is CC(C)(C)[Si](OCCc1cccc(N2C(=O)N(c3ccc[n+]([O-])c3)Cc3cnc(Nc4ccccc4)nc32)c1)(c1ccccc1)c1ccccc1. The molecule has 0 spiro atoms. The molecule has 9 nitrogen and oxygen atoms in total. The second-order valence-electron chi connectivity index (χ2n) is 13.6. The first-order valence-electron chi connectivity index (χ1n) is 17.1. The molecule has 0 saturated carbocycles. The topological polar surface area (TPSA) is 97.5 Å². The van der Waals surface area contributed by atoms with E-state index in [0.717, 1.165) is 16.8 Å². The first-order valence-corrected chi connectivity index (χ1v) is 19.0. The summed E-state index contributed by atoms with van der Waals surface area (Å²) in [6, 6.07) is 41.9. The zero-order chi connectivity index (χ0) is 35.4. The maximum atomic E-state index is 14.4. The van der Waals surface area contributed by atoms with Crippen molar-refractivity contribution in [2.75, 3.05) is 21.7 Å². The normalized spacial score (nSPS) is 13.2. The van der Waals surface area contributed by atoms with Crippen molar-refractivity contribution in [2.45, 2.75) is 38.8 Å². The highest BCUT2D eigenvalue weighted by molar-refractivity contribution is 6.99. The van der Waals surface area contributed by atoms with Crippen molar-refractivity contribution in [3.05, 3.63) is 162 Å². The molecule has 6 aromatic rings. The molecule has 256 valence electrons. The van der Waals surface area contributed by atoms with E-state index in [2.05, 4.69) is 85.7 Å². The zero-order valence-corrected chi connectivity index (χ0v) is 29.9. The molecule has 1 N–H and O–H groups in total. The largest absolute Gasteiger partial charge is 0.619 e. The maximum absolute atomic E-state index is 14.4. The molecule has 0 atom stereocenters. The van der Waals surface area contributed by atoms with Crippen molar-refractivity contribution in [2.24, 2.45) is 0 Å². The number of nitrogens with one attached hydrogen (secondary N) is 1. The lowest BCUT2D eigenvalue weighted by molar-refractivity contribution is -0.604. The van der Waals surface area contributed by atoms with Gasteiger partial charge in [0.2, 0.25) is 12.1 Å². The van der Waals surface area contributed by atoms with Crippen LogP contribution in [0, 0.1) is 5.21 Å². The molecule has 0 aliphatic carbocycles. The molecule has 0 saturated heterocycles. The average Bonchev–Trinajstić information content (AvgIpc) is 3.14. The van der Waals surface area contributed by atoms with E-state index in [4.69, 9.17) is 9.41 Å². The Morgan fingerprint density at radius 1 is 0.843 bits per heavy atom. The summed E-state index contributed by atoms with van der Waals surface area (Å²) < 4.78 is 7.87. The number of hydrogen-bond donors (Lipinski definition) is 1. The Labute approximate surface area is 299 Å².